The summed E-state index contributed by atoms with van der Waals surface area (Å²) in [5, 5.41) is 0. The summed E-state index contributed by atoms with van der Waals surface area (Å²) in [5.41, 5.74) is 6.09. The molecule has 0 fully saturated rings. The number of methoxy groups -OCH3 is 1. The molecule has 0 atom stereocenters. The van der Waals surface area contributed by atoms with Gasteiger partial charge in [0.05, 0.1) is 13.7 Å². The highest BCUT2D eigenvalue weighted by atomic mass is 32.2. The second kappa shape index (κ2) is 5.74. The summed E-state index contributed by atoms with van der Waals surface area (Å²) in [6, 6.07) is 4.46. The molecule has 0 bridgehead atoms. The van der Waals surface area contributed by atoms with Crippen molar-refractivity contribution in [3.05, 3.63) is 36.4 Å². The highest BCUT2D eigenvalue weighted by Crippen LogP contribution is 2.28. The minimum Gasteiger partial charge on any atom is -0.495 e. The van der Waals surface area contributed by atoms with E-state index >= 15 is 0 Å². The molecule has 0 amide bonds. The Morgan fingerprint density at radius 2 is 2.14 bits per heavy atom. The molecule has 1 aromatic heterocycles. The number of nitrogens with two attached hydrogens (primary N) is 1. The van der Waals surface area contributed by atoms with Gasteiger partial charge >= 0.3 is 0 Å². The third kappa shape index (κ3) is 3.01. The van der Waals surface area contributed by atoms with Gasteiger partial charge in [-0.3, -0.25) is 0 Å². The van der Waals surface area contributed by atoms with Gasteiger partial charge in [-0.25, -0.2) is 13.4 Å². The molecule has 0 saturated heterocycles. The number of anilines is 1. The van der Waals surface area contributed by atoms with E-state index in [1.807, 2.05) is 7.05 Å². The van der Waals surface area contributed by atoms with Crippen LogP contribution in [-0.4, -0.2) is 36.4 Å². The van der Waals surface area contributed by atoms with E-state index in [9.17, 15) is 8.42 Å². The number of ether oxygens (including phenoxy) is 1. The molecule has 2 aromatic rings. The first kappa shape index (κ1) is 15.3. The lowest BCUT2D eigenvalue weighted by Crippen LogP contribution is -2.28. The molecule has 114 valence electrons. The van der Waals surface area contributed by atoms with Crippen LogP contribution < -0.4 is 10.5 Å². The molecule has 0 aliphatic heterocycles. The van der Waals surface area contributed by atoms with Crippen LogP contribution in [0.15, 0.2) is 35.5 Å². The van der Waals surface area contributed by atoms with Crippen LogP contribution in [0.1, 0.15) is 5.82 Å². The minimum atomic E-state index is -3.69. The SMILES string of the molecule is COc1cc(N)ccc1S(=O)(=O)N(C)Cc1nccn1C. The molecule has 0 aliphatic rings. The third-order valence-corrected chi connectivity index (χ3v) is 5.00. The normalized spacial score (nSPS) is 11.8. The molecular weight excluding hydrogens is 292 g/mol. The van der Waals surface area contributed by atoms with E-state index in [1.165, 1.54) is 36.7 Å². The molecule has 2 N–H and O–H groups in total. The van der Waals surface area contributed by atoms with Crippen LogP contribution >= 0.6 is 0 Å². The van der Waals surface area contributed by atoms with E-state index in [2.05, 4.69) is 4.98 Å². The first-order valence-electron chi connectivity index (χ1n) is 6.22. The largest absolute Gasteiger partial charge is 0.495 e. The van der Waals surface area contributed by atoms with Crippen molar-refractivity contribution in [2.24, 2.45) is 7.05 Å². The molecule has 8 heteroatoms. The quantitative estimate of drug-likeness (QED) is 0.826. The van der Waals surface area contributed by atoms with Gasteiger partial charge in [-0.1, -0.05) is 0 Å². The third-order valence-electron chi connectivity index (χ3n) is 3.16. The highest BCUT2D eigenvalue weighted by Gasteiger charge is 2.25. The zero-order chi connectivity index (χ0) is 15.6. The van der Waals surface area contributed by atoms with Gasteiger partial charge in [0.2, 0.25) is 10.0 Å². The van der Waals surface area contributed by atoms with Crippen molar-refractivity contribution in [3.8, 4) is 5.75 Å². The number of aromatic nitrogens is 2. The maximum absolute atomic E-state index is 12.6. The summed E-state index contributed by atoms with van der Waals surface area (Å²) < 4.78 is 33.4. The Morgan fingerprint density at radius 1 is 1.43 bits per heavy atom. The lowest BCUT2D eigenvalue weighted by Gasteiger charge is -2.18. The van der Waals surface area contributed by atoms with Crippen molar-refractivity contribution in [2.75, 3.05) is 19.9 Å². The summed E-state index contributed by atoms with van der Waals surface area (Å²) in [4.78, 5) is 4.20. The second-order valence-electron chi connectivity index (χ2n) is 4.63. The average molecular weight is 310 g/mol. The first-order chi connectivity index (χ1) is 9.86. The molecule has 1 heterocycles. The van der Waals surface area contributed by atoms with Crippen LogP contribution in [0, 0.1) is 0 Å². The van der Waals surface area contributed by atoms with Gasteiger partial charge in [0, 0.05) is 38.2 Å². The standard InChI is InChI=1S/C13H18N4O3S/c1-16-7-6-15-13(16)9-17(2)21(18,19)12-5-4-10(14)8-11(12)20-3/h4-8H,9,14H2,1-3H3. The number of aryl methyl sites for hydroxylation is 1. The topological polar surface area (TPSA) is 90.4 Å². The Kier molecular flexibility index (Phi) is 4.19. The fourth-order valence-electron chi connectivity index (χ4n) is 1.90. The van der Waals surface area contributed by atoms with E-state index in [0.717, 1.165) is 0 Å². The number of imidazole rings is 1. The summed E-state index contributed by atoms with van der Waals surface area (Å²) in [7, 11) is 1.03. The van der Waals surface area contributed by atoms with Crippen molar-refractivity contribution in [1.29, 1.82) is 0 Å². The smallest absolute Gasteiger partial charge is 0.246 e. The summed E-state index contributed by atoms with van der Waals surface area (Å²) in [6.45, 7) is 0.166. The van der Waals surface area contributed by atoms with E-state index in [-0.39, 0.29) is 17.2 Å². The molecule has 0 spiro atoms. The number of nitrogen functional groups attached to an aromatic ring is 1. The van der Waals surface area contributed by atoms with Gasteiger partial charge in [-0.15, -0.1) is 0 Å². The highest BCUT2D eigenvalue weighted by molar-refractivity contribution is 7.89. The fraction of sp³-hybridized carbons (Fsp3) is 0.308. The fourth-order valence-corrected chi connectivity index (χ4v) is 3.16. The first-order valence-corrected chi connectivity index (χ1v) is 7.66. The second-order valence-corrected chi connectivity index (χ2v) is 6.64. The Morgan fingerprint density at radius 3 is 2.71 bits per heavy atom. The number of nitrogens with zero attached hydrogens (tertiary/aromatic N) is 3. The molecule has 0 saturated carbocycles. The van der Waals surface area contributed by atoms with Crippen molar-refractivity contribution in [1.82, 2.24) is 13.9 Å². The van der Waals surface area contributed by atoms with Crippen LogP contribution in [0.4, 0.5) is 5.69 Å². The van der Waals surface area contributed by atoms with Gasteiger partial charge in [-0.05, 0) is 12.1 Å². The maximum atomic E-state index is 12.6. The van der Waals surface area contributed by atoms with Crippen LogP contribution in [-0.2, 0) is 23.6 Å². The van der Waals surface area contributed by atoms with Crippen LogP contribution in [0.5, 0.6) is 5.75 Å². The summed E-state index contributed by atoms with van der Waals surface area (Å²) in [6.07, 6.45) is 3.39. The molecule has 7 nitrogen and oxygen atoms in total. The van der Waals surface area contributed by atoms with E-state index < -0.39 is 10.0 Å². The van der Waals surface area contributed by atoms with Crippen LogP contribution in [0.3, 0.4) is 0 Å². The molecule has 0 aliphatic carbocycles. The van der Waals surface area contributed by atoms with Crippen molar-refractivity contribution in [3.63, 3.8) is 0 Å². The summed E-state index contributed by atoms with van der Waals surface area (Å²) >= 11 is 0. The van der Waals surface area contributed by atoms with Gasteiger partial charge in [0.15, 0.2) is 0 Å². The average Bonchev–Trinajstić information content (AvgIpc) is 2.83. The van der Waals surface area contributed by atoms with Gasteiger partial charge in [-0.2, -0.15) is 4.31 Å². The number of hydrogen-bond acceptors (Lipinski definition) is 5. The van der Waals surface area contributed by atoms with Crippen molar-refractivity contribution < 1.29 is 13.2 Å². The molecule has 2 rings (SSSR count). The van der Waals surface area contributed by atoms with Gasteiger partial charge < -0.3 is 15.0 Å². The Hall–Kier alpha value is -2.06. The Balaban J connectivity index is 2.35. The van der Waals surface area contributed by atoms with Crippen molar-refractivity contribution in [2.45, 2.75) is 11.4 Å². The van der Waals surface area contributed by atoms with E-state index in [1.54, 1.807) is 17.0 Å². The predicted molar refractivity (Wildman–Crippen MR) is 79.3 cm³/mol. The lowest BCUT2D eigenvalue weighted by molar-refractivity contribution is 0.396. The van der Waals surface area contributed by atoms with E-state index in [0.29, 0.717) is 11.5 Å². The Labute approximate surface area is 124 Å². The van der Waals surface area contributed by atoms with Crippen molar-refractivity contribution >= 4 is 15.7 Å². The Bertz CT molecular complexity index is 740. The predicted octanol–water partition coefficient (Wildman–Crippen LogP) is 0.832. The molecule has 1 aromatic carbocycles. The van der Waals surface area contributed by atoms with E-state index in [4.69, 9.17) is 10.5 Å². The lowest BCUT2D eigenvalue weighted by atomic mass is 10.3. The number of rotatable bonds is 5. The monoisotopic (exact) mass is 310 g/mol. The number of sulfonamides is 1. The summed E-state index contributed by atoms with van der Waals surface area (Å²) in [5.74, 6) is 0.872. The molecular formula is C13H18N4O3S. The maximum Gasteiger partial charge on any atom is 0.246 e. The number of benzene rings is 1. The number of hydrogen-bond donors (Lipinski definition) is 1. The molecule has 0 unspecified atom stereocenters. The molecule has 21 heavy (non-hydrogen) atoms. The van der Waals surface area contributed by atoms with Crippen LogP contribution in [0.25, 0.3) is 0 Å². The van der Waals surface area contributed by atoms with Gasteiger partial charge in [0.1, 0.15) is 16.5 Å². The zero-order valence-corrected chi connectivity index (χ0v) is 13.0. The zero-order valence-electron chi connectivity index (χ0n) is 12.1. The molecule has 0 radical (unpaired) electrons. The van der Waals surface area contributed by atoms with Crippen LogP contribution in [0.2, 0.25) is 0 Å². The van der Waals surface area contributed by atoms with Gasteiger partial charge in [0.25, 0.3) is 0 Å². The minimum absolute atomic E-state index is 0.0795.